The molecule has 0 aromatic heterocycles. The molecule has 1 aromatic rings. The number of carbonyl (C=O) groups excluding carboxylic acids is 1. The van der Waals surface area contributed by atoms with E-state index < -0.39 is 17.7 Å². The van der Waals surface area contributed by atoms with E-state index in [0.717, 1.165) is 12.8 Å². The topological polar surface area (TPSA) is 66.4 Å². The average Bonchev–Trinajstić information content (AvgIpc) is 3.12. The first-order chi connectivity index (χ1) is 9.06. The van der Waals surface area contributed by atoms with E-state index in [-0.39, 0.29) is 24.8 Å². The van der Waals surface area contributed by atoms with E-state index in [4.69, 9.17) is 0 Å². The van der Waals surface area contributed by atoms with Crippen molar-refractivity contribution in [3.05, 3.63) is 35.6 Å². The van der Waals surface area contributed by atoms with Crippen LogP contribution in [0, 0.1) is 5.82 Å². The van der Waals surface area contributed by atoms with Crippen LogP contribution in [0.25, 0.3) is 0 Å². The molecule has 2 N–H and O–H groups in total. The van der Waals surface area contributed by atoms with E-state index in [2.05, 4.69) is 5.32 Å². The van der Waals surface area contributed by atoms with Crippen LogP contribution in [0.1, 0.15) is 37.2 Å². The molecule has 0 radical (unpaired) electrons. The average molecular weight is 265 g/mol. The molecule has 0 spiro atoms. The second-order valence-electron chi connectivity index (χ2n) is 4.83. The maximum absolute atomic E-state index is 13.1. The van der Waals surface area contributed by atoms with Gasteiger partial charge in [-0.25, -0.2) is 4.39 Å². The number of rotatable bonds is 6. The zero-order chi connectivity index (χ0) is 13.8. The normalized spacial score (nSPS) is 15.8. The van der Waals surface area contributed by atoms with Crippen LogP contribution in [-0.2, 0) is 9.59 Å². The third-order valence-corrected chi connectivity index (χ3v) is 3.15. The molecule has 4 nitrogen and oxygen atoms in total. The van der Waals surface area contributed by atoms with Crippen molar-refractivity contribution in [1.29, 1.82) is 0 Å². The van der Waals surface area contributed by atoms with E-state index in [0.29, 0.717) is 5.56 Å². The van der Waals surface area contributed by atoms with Crippen molar-refractivity contribution in [3.8, 4) is 0 Å². The fourth-order valence-electron chi connectivity index (χ4n) is 1.96. The first kappa shape index (κ1) is 13.5. The highest BCUT2D eigenvalue weighted by Gasteiger charge is 2.25. The van der Waals surface area contributed by atoms with Gasteiger partial charge in [-0.15, -0.1) is 0 Å². The molecule has 0 aliphatic heterocycles. The van der Waals surface area contributed by atoms with Gasteiger partial charge in [0.2, 0.25) is 5.91 Å². The van der Waals surface area contributed by atoms with E-state index in [9.17, 15) is 19.1 Å². The van der Waals surface area contributed by atoms with E-state index in [1.54, 1.807) is 6.07 Å². The fourth-order valence-corrected chi connectivity index (χ4v) is 1.96. The Morgan fingerprint density at radius 3 is 2.74 bits per heavy atom. The van der Waals surface area contributed by atoms with Gasteiger partial charge >= 0.3 is 5.97 Å². The summed E-state index contributed by atoms with van der Waals surface area (Å²) < 4.78 is 13.1. The molecule has 1 unspecified atom stereocenters. The number of aliphatic carboxylic acids is 1. The summed E-state index contributed by atoms with van der Waals surface area (Å²) in [5.41, 5.74) is 0.395. The van der Waals surface area contributed by atoms with Gasteiger partial charge in [0.25, 0.3) is 0 Å². The van der Waals surface area contributed by atoms with Crippen LogP contribution in [0.3, 0.4) is 0 Å². The highest BCUT2D eigenvalue weighted by molar-refractivity contribution is 5.80. The van der Waals surface area contributed by atoms with Crippen LogP contribution in [0.15, 0.2) is 24.3 Å². The number of carboxylic acids is 1. The molecular formula is C14H16FNO3. The lowest BCUT2D eigenvalue weighted by Gasteiger charge is -2.12. The van der Waals surface area contributed by atoms with Crippen LogP contribution in [-0.4, -0.2) is 23.0 Å². The summed E-state index contributed by atoms with van der Waals surface area (Å²) in [6.45, 7) is 0. The van der Waals surface area contributed by atoms with Gasteiger partial charge in [0.05, 0.1) is 5.92 Å². The van der Waals surface area contributed by atoms with Crippen molar-refractivity contribution in [2.75, 3.05) is 0 Å². The summed E-state index contributed by atoms with van der Waals surface area (Å²) in [7, 11) is 0. The molecule has 1 aromatic carbocycles. The molecule has 1 saturated carbocycles. The number of nitrogens with one attached hydrogen (secondary N) is 1. The van der Waals surface area contributed by atoms with Crippen molar-refractivity contribution < 1.29 is 19.1 Å². The Labute approximate surface area is 110 Å². The Morgan fingerprint density at radius 2 is 2.16 bits per heavy atom. The predicted octanol–water partition coefficient (Wildman–Crippen LogP) is 2.05. The number of benzene rings is 1. The molecule has 1 amide bonds. The summed E-state index contributed by atoms with van der Waals surface area (Å²) in [5.74, 6) is -2.48. The van der Waals surface area contributed by atoms with Crippen LogP contribution in [0.5, 0.6) is 0 Å². The third kappa shape index (κ3) is 4.05. The lowest BCUT2D eigenvalue weighted by Crippen LogP contribution is -2.26. The Morgan fingerprint density at radius 1 is 1.42 bits per heavy atom. The maximum Gasteiger partial charge on any atom is 0.310 e. The minimum Gasteiger partial charge on any atom is -0.481 e. The van der Waals surface area contributed by atoms with Gasteiger partial charge in [-0.05, 0) is 37.0 Å². The zero-order valence-corrected chi connectivity index (χ0v) is 10.4. The van der Waals surface area contributed by atoms with Gasteiger partial charge in [-0.1, -0.05) is 12.1 Å². The quantitative estimate of drug-likeness (QED) is 0.827. The maximum atomic E-state index is 13.1. The van der Waals surface area contributed by atoms with E-state index >= 15 is 0 Å². The first-order valence-corrected chi connectivity index (χ1v) is 6.34. The van der Waals surface area contributed by atoms with Gasteiger partial charge in [0.15, 0.2) is 0 Å². The van der Waals surface area contributed by atoms with Gasteiger partial charge < -0.3 is 10.4 Å². The highest BCUT2D eigenvalue weighted by Crippen LogP contribution is 2.23. The largest absolute Gasteiger partial charge is 0.481 e. The predicted molar refractivity (Wildman–Crippen MR) is 67.2 cm³/mol. The highest BCUT2D eigenvalue weighted by atomic mass is 19.1. The molecule has 19 heavy (non-hydrogen) atoms. The number of halogens is 1. The summed E-state index contributed by atoms with van der Waals surface area (Å²) in [5, 5.41) is 12.0. The smallest absolute Gasteiger partial charge is 0.310 e. The monoisotopic (exact) mass is 265 g/mol. The number of carboxylic acid groups (broad SMARTS) is 1. The lowest BCUT2D eigenvalue weighted by atomic mass is 9.94. The minimum absolute atomic E-state index is 0.134. The van der Waals surface area contributed by atoms with Crippen LogP contribution in [0.4, 0.5) is 4.39 Å². The SMILES string of the molecule is O=C(CCC(C(=O)O)c1cccc(F)c1)NC1CC1. The number of hydrogen-bond donors (Lipinski definition) is 2. The van der Waals surface area contributed by atoms with Crippen molar-refractivity contribution >= 4 is 11.9 Å². The number of carbonyl (C=O) groups is 2. The fraction of sp³-hybridized carbons (Fsp3) is 0.429. The van der Waals surface area contributed by atoms with Gasteiger partial charge in [0.1, 0.15) is 5.82 Å². The Kier molecular flexibility index (Phi) is 4.14. The standard InChI is InChI=1S/C14H16FNO3/c15-10-3-1-2-9(8-10)12(14(18)19)6-7-13(17)16-11-4-5-11/h1-3,8,11-12H,4-7H2,(H,16,17)(H,18,19). The summed E-state index contributed by atoms with van der Waals surface area (Å²) in [6.07, 6.45) is 2.32. The van der Waals surface area contributed by atoms with Crippen LogP contribution >= 0.6 is 0 Å². The summed E-state index contributed by atoms with van der Waals surface area (Å²) in [6, 6.07) is 5.79. The first-order valence-electron chi connectivity index (χ1n) is 6.34. The van der Waals surface area contributed by atoms with Gasteiger partial charge in [-0.2, -0.15) is 0 Å². The van der Waals surface area contributed by atoms with Crippen LogP contribution < -0.4 is 5.32 Å². The third-order valence-electron chi connectivity index (χ3n) is 3.15. The molecule has 2 rings (SSSR count). The molecule has 0 bridgehead atoms. The van der Waals surface area contributed by atoms with Crippen molar-refractivity contribution in [1.82, 2.24) is 5.32 Å². The molecule has 5 heteroatoms. The molecule has 102 valence electrons. The Balaban J connectivity index is 1.95. The zero-order valence-electron chi connectivity index (χ0n) is 10.4. The van der Waals surface area contributed by atoms with Crippen LogP contribution in [0.2, 0.25) is 0 Å². The minimum atomic E-state index is -1.04. The Bertz CT molecular complexity index is 485. The molecule has 0 saturated heterocycles. The van der Waals surface area contributed by atoms with Crippen molar-refractivity contribution in [2.45, 2.75) is 37.6 Å². The molecule has 0 heterocycles. The van der Waals surface area contributed by atoms with Crippen molar-refractivity contribution in [3.63, 3.8) is 0 Å². The molecule has 1 aliphatic rings. The van der Waals surface area contributed by atoms with Gasteiger partial charge in [0, 0.05) is 12.5 Å². The molecule has 1 aliphatic carbocycles. The summed E-state index contributed by atoms with van der Waals surface area (Å²) in [4.78, 5) is 22.7. The van der Waals surface area contributed by atoms with Gasteiger partial charge in [-0.3, -0.25) is 9.59 Å². The van der Waals surface area contributed by atoms with E-state index in [1.165, 1.54) is 18.2 Å². The second kappa shape index (κ2) is 5.82. The number of amides is 1. The van der Waals surface area contributed by atoms with Crippen molar-refractivity contribution in [2.24, 2.45) is 0 Å². The molecule has 1 atom stereocenters. The lowest BCUT2D eigenvalue weighted by molar-refractivity contribution is -0.139. The molecule has 1 fully saturated rings. The van der Waals surface area contributed by atoms with E-state index in [1.807, 2.05) is 0 Å². The Hall–Kier alpha value is -1.91. The number of hydrogen-bond acceptors (Lipinski definition) is 2. The second-order valence-corrected chi connectivity index (χ2v) is 4.83. The summed E-state index contributed by atoms with van der Waals surface area (Å²) >= 11 is 0. The molecular weight excluding hydrogens is 249 g/mol.